The molecule has 6 nitrogen and oxygen atoms in total. The van der Waals surface area contributed by atoms with E-state index in [-0.39, 0.29) is 36.2 Å². The van der Waals surface area contributed by atoms with Crippen LogP contribution in [0.3, 0.4) is 0 Å². The average molecular weight is 353 g/mol. The van der Waals surface area contributed by atoms with Crippen molar-refractivity contribution in [3.8, 4) is 0 Å². The molecule has 2 atom stereocenters. The predicted octanol–water partition coefficient (Wildman–Crippen LogP) is 2.34. The summed E-state index contributed by atoms with van der Waals surface area (Å²) >= 11 is 0. The largest absolute Gasteiger partial charge is 0.338 e. The molecule has 132 valence electrons. The van der Waals surface area contributed by atoms with Crippen molar-refractivity contribution in [1.82, 2.24) is 5.32 Å². The highest BCUT2D eigenvalue weighted by Crippen LogP contribution is 2.32. The number of halogens is 1. The number of nitrogens with zero attached hydrogens (tertiary/aromatic N) is 1. The molecule has 1 aromatic carbocycles. The van der Waals surface area contributed by atoms with E-state index >= 15 is 0 Å². The van der Waals surface area contributed by atoms with Crippen LogP contribution < -0.4 is 21.3 Å². The van der Waals surface area contributed by atoms with Crippen LogP contribution in [0.2, 0.25) is 0 Å². The fourth-order valence-electron chi connectivity index (χ4n) is 3.53. The standard InChI is InChI=1S/C17H24N4O2.ClH/c18-11-12-4-1-7-15(12)16(22)20-13-5-2-6-14(10-13)21-9-3-8-19-17(21)23;/h2,5-6,10,12,15H,1,3-4,7-9,11,18H2,(H,19,23)(H,20,22);1H/t12-,15-;/m1./s1. The molecule has 2 fully saturated rings. The Kier molecular flexibility index (Phi) is 6.45. The van der Waals surface area contributed by atoms with Gasteiger partial charge in [-0.25, -0.2) is 4.79 Å². The average Bonchev–Trinajstić information content (AvgIpc) is 3.04. The molecule has 1 saturated carbocycles. The molecule has 0 aromatic heterocycles. The number of benzene rings is 1. The second kappa shape index (κ2) is 8.35. The molecule has 3 amide bonds. The number of hydrogen-bond acceptors (Lipinski definition) is 3. The number of carbonyl (C=O) groups excluding carboxylic acids is 2. The Morgan fingerprint density at radius 1 is 1.33 bits per heavy atom. The number of rotatable bonds is 4. The zero-order chi connectivity index (χ0) is 16.2. The van der Waals surface area contributed by atoms with E-state index in [0.717, 1.165) is 37.1 Å². The van der Waals surface area contributed by atoms with Crippen LogP contribution in [0, 0.1) is 11.8 Å². The van der Waals surface area contributed by atoms with E-state index in [1.54, 1.807) is 4.90 Å². The van der Waals surface area contributed by atoms with Gasteiger partial charge in [0.25, 0.3) is 0 Å². The molecular weight excluding hydrogens is 328 g/mol. The van der Waals surface area contributed by atoms with Crippen LogP contribution in [0.5, 0.6) is 0 Å². The summed E-state index contributed by atoms with van der Waals surface area (Å²) in [5.41, 5.74) is 7.30. The first-order valence-electron chi connectivity index (χ1n) is 8.35. The summed E-state index contributed by atoms with van der Waals surface area (Å²) in [6, 6.07) is 7.38. The fraction of sp³-hybridized carbons (Fsp3) is 0.529. The van der Waals surface area contributed by atoms with Gasteiger partial charge >= 0.3 is 6.03 Å². The zero-order valence-electron chi connectivity index (χ0n) is 13.7. The Hall–Kier alpha value is -1.79. The molecule has 1 aliphatic heterocycles. The number of hydrogen-bond donors (Lipinski definition) is 3. The molecule has 0 unspecified atom stereocenters. The van der Waals surface area contributed by atoms with Gasteiger partial charge in [-0.2, -0.15) is 0 Å². The predicted molar refractivity (Wildman–Crippen MR) is 97.6 cm³/mol. The second-order valence-electron chi connectivity index (χ2n) is 6.31. The quantitative estimate of drug-likeness (QED) is 0.777. The summed E-state index contributed by atoms with van der Waals surface area (Å²) < 4.78 is 0. The monoisotopic (exact) mass is 352 g/mol. The van der Waals surface area contributed by atoms with Crippen LogP contribution in [0.25, 0.3) is 0 Å². The maximum absolute atomic E-state index is 12.5. The molecule has 4 N–H and O–H groups in total. The van der Waals surface area contributed by atoms with Gasteiger partial charge in [-0.15, -0.1) is 12.4 Å². The van der Waals surface area contributed by atoms with Crippen molar-refractivity contribution in [1.29, 1.82) is 0 Å². The van der Waals surface area contributed by atoms with E-state index in [9.17, 15) is 9.59 Å². The Bertz CT molecular complexity index is 596. The molecule has 24 heavy (non-hydrogen) atoms. The molecule has 2 aliphatic rings. The van der Waals surface area contributed by atoms with Gasteiger partial charge in [0.2, 0.25) is 5.91 Å². The molecular formula is C17H25ClN4O2. The van der Waals surface area contributed by atoms with Crippen LogP contribution in [-0.2, 0) is 4.79 Å². The minimum atomic E-state index is -0.0845. The third kappa shape index (κ3) is 3.99. The molecule has 0 radical (unpaired) electrons. The van der Waals surface area contributed by atoms with Gasteiger partial charge in [-0.3, -0.25) is 9.69 Å². The van der Waals surface area contributed by atoms with Crippen molar-refractivity contribution in [2.24, 2.45) is 17.6 Å². The molecule has 7 heteroatoms. The van der Waals surface area contributed by atoms with E-state index in [1.807, 2.05) is 24.3 Å². The molecule has 3 rings (SSSR count). The lowest BCUT2D eigenvalue weighted by atomic mass is 9.95. The van der Waals surface area contributed by atoms with Crippen molar-refractivity contribution in [3.63, 3.8) is 0 Å². The van der Waals surface area contributed by atoms with Crippen LogP contribution in [0.15, 0.2) is 24.3 Å². The highest BCUT2D eigenvalue weighted by molar-refractivity contribution is 5.96. The number of anilines is 2. The third-order valence-corrected chi connectivity index (χ3v) is 4.80. The molecule has 1 heterocycles. The van der Waals surface area contributed by atoms with Crippen molar-refractivity contribution < 1.29 is 9.59 Å². The van der Waals surface area contributed by atoms with E-state index < -0.39 is 0 Å². The molecule has 1 saturated heterocycles. The van der Waals surface area contributed by atoms with E-state index in [2.05, 4.69) is 10.6 Å². The summed E-state index contributed by atoms with van der Waals surface area (Å²) in [6.45, 7) is 1.97. The lowest BCUT2D eigenvalue weighted by Crippen LogP contribution is -2.46. The Balaban J connectivity index is 0.00000208. The lowest BCUT2D eigenvalue weighted by Gasteiger charge is -2.28. The van der Waals surface area contributed by atoms with Gasteiger partial charge in [0, 0.05) is 30.4 Å². The van der Waals surface area contributed by atoms with Crippen LogP contribution >= 0.6 is 12.4 Å². The van der Waals surface area contributed by atoms with Gasteiger partial charge in [0.15, 0.2) is 0 Å². The summed E-state index contributed by atoms with van der Waals surface area (Å²) in [5, 5.41) is 5.82. The first-order chi connectivity index (χ1) is 11.2. The van der Waals surface area contributed by atoms with Crippen LogP contribution in [0.4, 0.5) is 16.2 Å². The fourth-order valence-corrected chi connectivity index (χ4v) is 3.53. The zero-order valence-corrected chi connectivity index (χ0v) is 14.5. The number of nitrogens with two attached hydrogens (primary N) is 1. The van der Waals surface area contributed by atoms with Gasteiger partial charge in [-0.05, 0) is 49.9 Å². The van der Waals surface area contributed by atoms with Crippen molar-refractivity contribution in [3.05, 3.63) is 24.3 Å². The topological polar surface area (TPSA) is 87.5 Å². The first kappa shape index (κ1) is 18.5. The Labute approximate surface area is 148 Å². The first-order valence-corrected chi connectivity index (χ1v) is 8.35. The normalized spacial score (nSPS) is 23.4. The maximum atomic E-state index is 12.5. The van der Waals surface area contributed by atoms with Crippen molar-refractivity contribution >= 4 is 35.7 Å². The number of nitrogens with one attached hydrogen (secondary N) is 2. The van der Waals surface area contributed by atoms with Crippen molar-refractivity contribution in [2.45, 2.75) is 25.7 Å². The highest BCUT2D eigenvalue weighted by atomic mass is 35.5. The Morgan fingerprint density at radius 3 is 2.92 bits per heavy atom. The summed E-state index contributed by atoms with van der Waals surface area (Å²) in [7, 11) is 0. The van der Waals surface area contributed by atoms with E-state index in [0.29, 0.717) is 19.6 Å². The van der Waals surface area contributed by atoms with E-state index in [1.165, 1.54) is 0 Å². The summed E-state index contributed by atoms with van der Waals surface area (Å²) in [6.07, 6.45) is 3.92. The molecule has 1 aliphatic carbocycles. The van der Waals surface area contributed by atoms with Crippen molar-refractivity contribution in [2.75, 3.05) is 29.9 Å². The van der Waals surface area contributed by atoms with Gasteiger partial charge in [0.05, 0.1) is 0 Å². The smallest absolute Gasteiger partial charge is 0.321 e. The minimum Gasteiger partial charge on any atom is -0.338 e. The van der Waals surface area contributed by atoms with Crippen LogP contribution in [-0.4, -0.2) is 31.6 Å². The summed E-state index contributed by atoms with van der Waals surface area (Å²) in [4.78, 5) is 26.1. The van der Waals surface area contributed by atoms with Gasteiger partial charge in [0.1, 0.15) is 0 Å². The number of amides is 3. The molecule has 1 aromatic rings. The molecule has 0 bridgehead atoms. The maximum Gasteiger partial charge on any atom is 0.321 e. The second-order valence-corrected chi connectivity index (χ2v) is 6.31. The van der Waals surface area contributed by atoms with Gasteiger partial charge < -0.3 is 16.4 Å². The molecule has 0 spiro atoms. The summed E-state index contributed by atoms with van der Waals surface area (Å²) in [5.74, 6) is 0.325. The number of carbonyl (C=O) groups is 2. The lowest BCUT2D eigenvalue weighted by molar-refractivity contribution is -0.120. The highest BCUT2D eigenvalue weighted by Gasteiger charge is 2.32. The SMILES string of the molecule is Cl.NC[C@H]1CCC[C@H]1C(=O)Nc1cccc(N2CCCNC2=O)c1. The van der Waals surface area contributed by atoms with Crippen LogP contribution in [0.1, 0.15) is 25.7 Å². The number of urea groups is 1. The van der Waals surface area contributed by atoms with Gasteiger partial charge in [-0.1, -0.05) is 12.5 Å². The van der Waals surface area contributed by atoms with E-state index in [4.69, 9.17) is 5.73 Å². The Morgan fingerprint density at radius 2 is 2.17 bits per heavy atom. The minimum absolute atomic E-state index is 0. The third-order valence-electron chi connectivity index (χ3n) is 4.80.